The van der Waals surface area contributed by atoms with Crippen LogP contribution in [0.3, 0.4) is 0 Å². The van der Waals surface area contributed by atoms with E-state index in [-0.39, 0.29) is 11.7 Å². The molecule has 1 aromatic heterocycles. The highest BCUT2D eigenvalue weighted by atomic mass is 16.5. The Morgan fingerprint density at radius 2 is 1.66 bits per heavy atom. The van der Waals surface area contributed by atoms with Gasteiger partial charge in [-0.15, -0.1) is 0 Å². The van der Waals surface area contributed by atoms with Crippen LogP contribution in [0, 0.1) is 6.92 Å². The zero-order valence-corrected chi connectivity index (χ0v) is 16.6. The number of benzene rings is 3. The van der Waals surface area contributed by atoms with Crippen LogP contribution >= 0.6 is 0 Å². The predicted octanol–water partition coefficient (Wildman–Crippen LogP) is 5.55. The summed E-state index contributed by atoms with van der Waals surface area (Å²) in [5.74, 6) is -0.222. The predicted molar refractivity (Wildman–Crippen MR) is 115 cm³/mol. The second-order valence-corrected chi connectivity index (χ2v) is 7.01. The van der Waals surface area contributed by atoms with Gasteiger partial charge in [0.15, 0.2) is 0 Å². The zero-order chi connectivity index (χ0) is 20.4. The molecule has 146 valence electrons. The maximum absolute atomic E-state index is 12.7. The summed E-state index contributed by atoms with van der Waals surface area (Å²) in [6.45, 7) is 4.65. The van der Waals surface area contributed by atoms with E-state index in [1.54, 1.807) is 13.0 Å². The third-order valence-electron chi connectivity index (χ3n) is 5.19. The summed E-state index contributed by atoms with van der Waals surface area (Å²) in [6, 6.07) is 23.5. The molecule has 1 heterocycles. The van der Waals surface area contributed by atoms with Crippen LogP contribution in [0.1, 0.15) is 28.5 Å². The third-order valence-corrected chi connectivity index (χ3v) is 5.19. The van der Waals surface area contributed by atoms with E-state index in [2.05, 4.69) is 16.7 Å². The molecule has 4 rings (SSSR count). The van der Waals surface area contributed by atoms with Gasteiger partial charge in [-0.05, 0) is 37.1 Å². The minimum Gasteiger partial charge on any atom is -0.507 e. The summed E-state index contributed by atoms with van der Waals surface area (Å²) in [6.07, 6.45) is 0. The molecule has 0 aliphatic heterocycles. The van der Waals surface area contributed by atoms with Gasteiger partial charge in [0.25, 0.3) is 0 Å². The highest BCUT2D eigenvalue weighted by molar-refractivity contribution is 6.07. The van der Waals surface area contributed by atoms with Gasteiger partial charge in [0.2, 0.25) is 0 Å². The van der Waals surface area contributed by atoms with Gasteiger partial charge in [0, 0.05) is 23.2 Å². The van der Waals surface area contributed by atoms with Crippen LogP contribution in [0.15, 0.2) is 72.8 Å². The van der Waals surface area contributed by atoms with Crippen LogP contribution in [-0.4, -0.2) is 22.2 Å². The molecule has 3 aromatic carbocycles. The van der Waals surface area contributed by atoms with E-state index in [1.807, 2.05) is 61.5 Å². The molecule has 0 fully saturated rings. The van der Waals surface area contributed by atoms with Gasteiger partial charge >= 0.3 is 5.97 Å². The first-order chi connectivity index (χ1) is 14.1. The fourth-order valence-corrected chi connectivity index (χ4v) is 3.79. The SMILES string of the molecule is CCOC(=O)c1c(C)n(Cc2ccccc2)c2cc(-c3ccccc3)c(O)cc12. The van der Waals surface area contributed by atoms with Crippen molar-refractivity contribution in [2.45, 2.75) is 20.4 Å². The maximum Gasteiger partial charge on any atom is 0.340 e. The van der Waals surface area contributed by atoms with Crippen LogP contribution < -0.4 is 0 Å². The minimum atomic E-state index is -0.367. The van der Waals surface area contributed by atoms with Crippen LogP contribution in [0.2, 0.25) is 0 Å². The number of nitrogens with zero attached hydrogens (tertiary/aromatic N) is 1. The Morgan fingerprint density at radius 3 is 2.31 bits per heavy atom. The first kappa shape index (κ1) is 18.8. The number of phenols is 1. The first-order valence-electron chi connectivity index (χ1n) is 9.72. The van der Waals surface area contributed by atoms with E-state index >= 15 is 0 Å². The highest BCUT2D eigenvalue weighted by Crippen LogP contribution is 2.37. The van der Waals surface area contributed by atoms with Crippen molar-refractivity contribution >= 4 is 16.9 Å². The molecule has 0 unspecified atom stereocenters. The largest absolute Gasteiger partial charge is 0.507 e. The molecule has 0 saturated carbocycles. The molecule has 0 bridgehead atoms. The highest BCUT2D eigenvalue weighted by Gasteiger charge is 2.23. The number of hydrogen-bond acceptors (Lipinski definition) is 3. The smallest absolute Gasteiger partial charge is 0.340 e. The number of aromatic hydroxyl groups is 1. The lowest BCUT2D eigenvalue weighted by Gasteiger charge is -2.11. The van der Waals surface area contributed by atoms with Crippen molar-refractivity contribution < 1.29 is 14.6 Å². The normalized spacial score (nSPS) is 11.0. The Bertz CT molecular complexity index is 1160. The average molecular weight is 385 g/mol. The van der Waals surface area contributed by atoms with Crippen molar-refractivity contribution in [2.75, 3.05) is 6.61 Å². The molecule has 0 saturated heterocycles. The van der Waals surface area contributed by atoms with E-state index in [4.69, 9.17) is 4.74 Å². The molecule has 0 atom stereocenters. The summed E-state index contributed by atoms with van der Waals surface area (Å²) >= 11 is 0. The van der Waals surface area contributed by atoms with Crippen LogP contribution in [0.5, 0.6) is 5.75 Å². The number of carbonyl (C=O) groups excluding carboxylic acids is 1. The van der Waals surface area contributed by atoms with E-state index in [9.17, 15) is 9.90 Å². The molecule has 4 heteroatoms. The lowest BCUT2D eigenvalue weighted by molar-refractivity contribution is 0.0527. The van der Waals surface area contributed by atoms with Gasteiger partial charge in [0.05, 0.1) is 17.7 Å². The maximum atomic E-state index is 12.7. The Hall–Kier alpha value is -3.53. The van der Waals surface area contributed by atoms with Gasteiger partial charge in [0.1, 0.15) is 5.75 Å². The molecule has 0 aliphatic carbocycles. The monoisotopic (exact) mass is 385 g/mol. The number of rotatable bonds is 5. The van der Waals surface area contributed by atoms with Gasteiger partial charge in [-0.3, -0.25) is 0 Å². The first-order valence-corrected chi connectivity index (χ1v) is 9.72. The Labute approximate surface area is 170 Å². The number of esters is 1. The molecule has 0 radical (unpaired) electrons. The molecule has 0 aliphatic rings. The summed E-state index contributed by atoms with van der Waals surface area (Å²) in [7, 11) is 0. The second-order valence-electron chi connectivity index (χ2n) is 7.01. The molecule has 29 heavy (non-hydrogen) atoms. The lowest BCUT2D eigenvalue weighted by atomic mass is 10.0. The van der Waals surface area contributed by atoms with Crippen molar-refractivity contribution in [3.63, 3.8) is 0 Å². The third kappa shape index (κ3) is 3.49. The molecule has 0 spiro atoms. The van der Waals surface area contributed by atoms with Crippen LogP contribution in [0.4, 0.5) is 0 Å². The van der Waals surface area contributed by atoms with Crippen molar-refractivity contribution in [2.24, 2.45) is 0 Å². The Kier molecular flexibility index (Phi) is 5.09. The molecule has 4 nitrogen and oxygen atoms in total. The van der Waals surface area contributed by atoms with Crippen molar-refractivity contribution in [1.29, 1.82) is 0 Å². The number of phenolic OH excluding ortho intramolecular Hbond substituents is 1. The van der Waals surface area contributed by atoms with Crippen molar-refractivity contribution in [3.8, 4) is 16.9 Å². The van der Waals surface area contributed by atoms with Gasteiger partial charge in [-0.2, -0.15) is 0 Å². The minimum absolute atomic E-state index is 0.145. The zero-order valence-electron chi connectivity index (χ0n) is 16.6. The Morgan fingerprint density at radius 1 is 1.00 bits per heavy atom. The van der Waals surface area contributed by atoms with Crippen LogP contribution in [-0.2, 0) is 11.3 Å². The average Bonchev–Trinajstić information content (AvgIpc) is 2.99. The van der Waals surface area contributed by atoms with Gasteiger partial charge < -0.3 is 14.4 Å². The fourth-order valence-electron chi connectivity index (χ4n) is 3.79. The molecule has 1 N–H and O–H groups in total. The standard InChI is InChI=1S/C25H23NO3/c1-3-29-25(28)24-17(2)26(16-18-10-6-4-7-11-18)22-14-20(23(27)15-21(22)24)19-12-8-5-9-13-19/h4-15,27H,3,16H2,1-2H3. The van der Waals surface area contributed by atoms with Gasteiger partial charge in [-0.1, -0.05) is 60.7 Å². The molecular formula is C25H23NO3. The number of carbonyl (C=O) groups is 1. The molecule has 4 aromatic rings. The van der Waals surface area contributed by atoms with Crippen molar-refractivity contribution in [3.05, 3.63) is 89.6 Å². The van der Waals surface area contributed by atoms with Gasteiger partial charge in [-0.25, -0.2) is 4.79 Å². The van der Waals surface area contributed by atoms with Crippen molar-refractivity contribution in [1.82, 2.24) is 4.57 Å². The molecule has 0 amide bonds. The Balaban J connectivity index is 1.96. The van der Waals surface area contributed by atoms with E-state index < -0.39 is 0 Å². The lowest BCUT2D eigenvalue weighted by Crippen LogP contribution is -2.08. The van der Waals surface area contributed by atoms with E-state index in [1.165, 1.54) is 0 Å². The molecular weight excluding hydrogens is 362 g/mol. The quantitative estimate of drug-likeness (QED) is 0.459. The van der Waals surface area contributed by atoms with E-state index in [0.29, 0.717) is 24.1 Å². The summed E-state index contributed by atoms with van der Waals surface area (Å²) in [5.41, 5.74) is 5.03. The number of fused-ring (bicyclic) bond motifs is 1. The topological polar surface area (TPSA) is 51.5 Å². The number of aromatic nitrogens is 1. The summed E-state index contributed by atoms with van der Waals surface area (Å²) in [5, 5.41) is 11.4. The van der Waals surface area contributed by atoms with E-state index in [0.717, 1.165) is 27.9 Å². The van der Waals surface area contributed by atoms with Crippen LogP contribution in [0.25, 0.3) is 22.0 Å². The summed E-state index contributed by atoms with van der Waals surface area (Å²) in [4.78, 5) is 12.7. The summed E-state index contributed by atoms with van der Waals surface area (Å²) < 4.78 is 7.42. The fraction of sp³-hybridized carbons (Fsp3) is 0.160. The number of ether oxygens (including phenoxy) is 1. The number of hydrogen-bond donors (Lipinski definition) is 1. The second kappa shape index (κ2) is 7.84.